The van der Waals surface area contributed by atoms with Gasteiger partial charge in [-0.15, -0.1) is 0 Å². The third-order valence-electron chi connectivity index (χ3n) is 8.73. The van der Waals surface area contributed by atoms with E-state index in [9.17, 15) is 24.5 Å². The van der Waals surface area contributed by atoms with Gasteiger partial charge >= 0.3 is 0 Å². The van der Waals surface area contributed by atoms with Crippen LogP contribution in [0.3, 0.4) is 0 Å². The van der Waals surface area contributed by atoms with E-state index in [1.165, 1.54) is 18.3 Å². The number of pyridine rings is 1. The van der Waals surface area contributed by atoms with Crippen LogP contribution >= 0.6 is 0 Å². The second-order valence-corrected chi connectivity index (χ2v) is 11.3. The van der Waals surface area contributed by atoms with Crippen LogP contribution in [0.1, 0.15) is 46.4 Å². The van der Waals surface area contributed by atoms with Gasteiger partial charge in [-0.3, -0.25) is 34.3 Å². The Morgan fingerprint density at radius 2 is 1.67 bits per heavy atom. The lowest BCUT2D eigenvalue weighted by Gasteiger charge is -2.40. The number of hydrogen-bond acceptors (Lipinski definition) is 9. The normalized spacial score (nSPS) is 22.0. The summed E-state index contributed by atoms with van der Waals surface area (Å²) >= 11 is 0. The number of amides is 3. The molecule has 1 atom stereocenters. The van der Waals surface area contributed by atoms with Crippen LogP contribution in [0.2, 0.25) is 0 Å². The second kappa shape index (κ2) is 11.1. The molecule has 2 aromatic rings. The highest BCUT2D eigenvalue weighted by Gasteiger charge is 2.44. The number of nitrogens with one attached hydrogen (secondary N) is 1. The molecule has 3 fully saturated rings. The van der Waals surface area contributed by atoms with Crippen molar-refractivity contribution in [1.29, 1.82) is 0 Å². The molecule has 3 amide bonds. The Morgan fingerprint density at radius 3 is 2.29 bits per heavy atom. The van der Waals surface area contributed by atoms with Crippen molar-refractivity contribution in [2.45, 2.75) is 31.7 Å². The molecule has 13 heteroatoms. The van der Waals surface area contributed by atoms with Crippen molar-refractivity contribution in [2.24, 2.45) is 5.92 Å². The predicted octanol–water partition coefficient (Wildman–Crippen LogP) is 2.56. The molecule has 220 valence electrons. The maximum absolute atomic E-state index is 15.3. The fourth-order valence-electron chi connectivity index (χ4n) is 6.36. The molecule has 4 aliphatic heterocycles. The van der Waals surface area contributed by atoms with E-state index in [2.05, 4.69) is 26.7 Å². The molecule has 4 aliphatic rings. The first-order valence-electron chi connectivity index (χ1n) is 14.2. The number of piperidine rings is 2. The number of benzene rings is 1. The zero-order chi connectivity index (χ0) is 29.5. The molecule has 3 saturated heterocycles. The number of nitrogens with zero attached hydrogens (tertiary/aromatic N) is 6. The molecule has 0 bridgehead atoms. The van der Waals surface area contributed by atoms with Gasteiger partial charge in [0.05, 0.1) is 21.7 Å². The first-order chi connectivity index (χ1) is 20.2. The molecule has 0 aliphatic carbocycles. The Morgan fingerprint density at radius 1 is 0.976 bits per heavy atom. The van der Waals surface area contributed by atoms with Gasteiger partial charge in [-0.25, -0.2) is 9.37 Å². The third kappa shape index (κ3) is 5.20. The van der Waals surface area contributed by atoms with E-state index in [0.717, 1.165) is 62.3 Å². The topological polar surface area (TPSA) is 132 Å². The lowest BCUT2D eigenvalue weighted by atomic mass is 9.96. The number of rotatable bonds is 6. The molecule has 42 heavy (non-hydrogen) atoms. The van der Waals surface area contributed by atoms with E-state index in [4.69, 9.17) is 0 Å². The van der Waals surface area contributed by atoms with Crippen molar-refractivity contribution in [1.82, 2.24) is 20.1 Å². The van der Waals surface area contributed by atoms with Crippen LogP contribution in [0.4, 0.5) is 21.6 Å². The number of nitro groups is 1. The molecule has 12 nitrogen and oxygen atoms in total. The second-order valence-electron chi connectivity index (χ2n) is 11.3. The Hall–Kier alpha value is -4.39. The summed E-state index contributed by atoms with van der Waals surface area (Å²) in [5.41, 5.74) is 0.944. The van der Waals surface area contributed by atoms with Crippen LogP contribution < -0.4 is 15.1 Å². The van der Waals surface area contributed by atoms with Crippen LogP contribution in [-0.4, -0.2) is 89.3 Å². The van der Waals surface area contributed by atoms with E-state index < -0.39 is 34.5 Å². The minimum absolute atomic E-state index is 0.00708. The van der Waals surface area contributed by atoms with E-state index in [1.54, 1.807) is 6.07 Å². The molecule has 1 aromatic heterocycles. The van der Waals surface area contributed by atoms with Crippen LogP contribution in [0.25, 0.3) is 0 Å². The van der Waals surface area contributed by atoms with E-state index in [1.807, 2.05) is 4.90 Å². The first kappa shape index (κ1) is 27.8. The molecular formula is C29H32FN7O5. The molecule has 0 spiro atoms. The average molecular weight is 578 g/mol. The van der Waals surface area contributed by atoms with Crippen LogP contribution in [0.5, 0.6) is 0 Å². The van der Waals surface area contributed by atoms with Crippen molar-refractivity contribution in [3.63, 3.8) is 0 Å². The summed E-state index contributed by atoms with van der Waals surface area (Å²) < 4.78 is 15.3. The fourth-order valence-corrected chi connectivity index (χ4v) is 6.36. The third-order valence-corrected chi connectivity index (χ3v) is 8.73. The van der Waals surface area contributed by atoms with Crippen molar-refractivity contribution in [2.75, 3.05) is 55.6 Å². The standard InChI is InChI=1S/C29H32FN7O5/c1-18-2-4-24(27(38)32-18)36-28(39)21-14-23(30)25(15-22(21)29(36)40)34-12-10-33(11-13-34)17-19-6-8-35(9-7-19)26-5-3-20(16-31-26)37(41)42/h3,5,14-16,19,24H,1-2,4,6-13,17H2,(H,32,38). The fraction of sp³-hybridized carbons (Fsp3) is 0.448. The van der Waals surface area contributed by atoms with Crippen molar-refractivity contribution < 1.29 is 23.7 Å². The number of hydrogen-bond donors (Lipinski definition) is 1. The highest BCUT2D eigenvalue weighted by atomic mass is 19.1. The SMILES string of the molecule is C=C1CCC(N2C(=O)c3cc(F)c(N4CCN(CC5CCN(c6ccc([N+](=O)[O-])cn6)CC5)CC4)cc3C2=O)C(=O)N1. The number of imide groups is 1. The quantitative estimate of drug-likeness (QED) is 0.313. The van der Waals surface area contributed by atoms with E-state index >= 15 is 4.39 Å². The summed E-state index contributed by atoms with van der Waals surface area (Å²) in [7, 11) is 0. The molecule has 0 radical (unpaired) electrons. The Kier molecular flexibility index (Phi) is 7.35. The smallest absolute Gasteiger partial charge is 0.287 e. The zero-order valence-electron chi connectivity index (χ0n) is 23.1. The first-order valence-corrected chi connectivity index (χ1v) is 14.2. The Bertz CT molecular complexity index is 1450. The monoisotopic (exact) mass is 577 g/mol. The number of carbonyl (C=O) groups excluding carboxylic acids is 3. The molecule has 1 N–H and O–H groups in total. The lowest BCUT2D eigenvalue weighted by molar-refractivity contribution is -0.385. The summed E-state index contributed by atoms with van der Waals surface area (Å²) in [5, 5.41) is 13.5. The summed E-state index contributed by atoms with van der Waals surface area (Å²) in [6.45, 7) is 8.98. The molecule has 5 heterocycles. The average Bonchev–Trinajstić information content (AvgIpc) is 3.22. The number of fused-ring (bicyclic) bond motifs is 1. The van der Waals surface area contributed by atoms with E-state index in [0.29, 0.717) is 43.2 Å². The number of carbonyl (C=O) groups is 3. The molecule has 1 aromatic carbocycles. The molecule has 1 unspecified atom stereocenters. The highest BCUT2D eigenvalue weighted by Crippen LogP contribution is 2.33. The van der Waals surface area contributed by atoms with Gasteiger partial charge < -0.3 is 15.1 Å². The van der Waals surface area contributed by atoms with Crippen molar-refractivity contribution >= 4 is 34.9 Å². The Balaban J connectivity index is 1.04. The molecular weight excluding hydrogens is 545 g/mol. The number of halogens is 1. The lowest BCUT2D eigenvalue weighted by Crippen LogP contribution is -2.51. The van der Waals surface area contributed by atoms with Gasteiger partial charge in [0, 0.05) is 57.6 Å². The maximum Gasteiger partial charge on any atom is 0.287 e. The molecule has 6 rings (SSSR count). The van der Waals surface area contributed by atoms with E-state index in [-0.39, 0.29) is 16.8 Å². The van der Waals surface area contributed by atoms with Crippen LogP contribution in [0.15, 0.2) is 42.7 Å². The van der Waals surface area contributed by atoms with Gasteiger partial charge in [0.25, 0.3) is 17.5 Å². The van der Waals surface area contributed by atoms with Gasteiger partial charge in [0.1, 0.15) is 23.9 Å². The van der Waals surface area contributed by atoms with Gasteiger partial charge in [-0.05, 0) is 49.8 Å². The summed E-state index contributed by atoms with van der Waals surface area (Å²) in [4.78, 5) is 60.8. The predicted molar refractivity (Wildman–Crippen MR) is 152 cm³/mol. The van der Waals surface area contributed by atoms with Gasteiger partial charge in [0.15, 0.2) is 0 Å². The number of aromatic nitrogens is 1. The van der Waals surface area contributed by atoms with Crippen molar-refractivity contribution in [3.05, 3.63) is 69.8 Å². The summed E-state index contributed by atoms with van der Waals surface area (Å²) in [5.74, 6) is -0.970. The number of piperazine rings is 1. The number of allylic oxidation sites excluding steroid dienone is 1. The maximum atomic E-state index is 15.3. The van der Waals surface area contributed by atoms with Crippen LogP contribution in [-0.2, 0) is 4.79 Å². The van der Waals surface area contributed by atoms with Gasteiger partial charge in [0.2, 0.25) is 5.91 Å². The minimum atomic E-state index is -0.935. The van der Waals surface area contributed by atoms with Crippen LogP contribution in [0, 0.1) is 21.8 Å². The van der Waals surface area contributed by atoms with Gasteiger partial charge in [-0.1, -0.05) is 6.58 Å². The minimum Gasteiger partial charge on any atom is -0.367 e. The highest BCUT2D eigenvalue weighted by molar-refractivity contribution is 6.23. The summed E-state index contributed by atoms with van der Waals surface area (Å²) in [6.07, 6.45) is 4.02. The Labute approximate surface area is 241 Å². The van der Waals surface area contributed by atoms with Crippen molar-refractivity contribution in [3.8, 4) is 0 Å². The number of anilines is 2. The zero-order valence-corrected chi connectivity index (χ0v) is 23.1. The molecule has 0 saturated carbocycles. The largest absolute Gasteiger partial charge is 0.367 e. The summed E-state index contributed by atoms with van der Waals surface area (Å²) in [6, 6.07) is 4.83. The van der Waals surface area contributed by atoms with Gasteiger partial charge in [-0.2, -0.15) is 0 Å².